The first-order chi connectivity index (χ1) is 11.3. The number of hydrogen-bond donors (Lipinski definition) is 1. The molecule has 1 unspecified atom stereocenters. The minimum atomic E-state index is 0.0470. The molecule has 3 rings (SSSR count). The average molecular weight is 319 g/mol. The van der Waals surface area contributed by atoms with Gasteiger partial charge in [0.2, 0.25) is 11.8 Å². The predicted molar refractivity (Wildman–Crippen MR) is 87.7 cm³/mol. The van der Waals surface area contributed by atoms with Crippen molar-refractivity contribution in [1.29, 1.82) is 0 Å². The van der Waals surface area contributed by atoms with Crippen molar-refractivity contribution in [2.75, 3.05) is 38.3 Å². The van der Waals surface area contributed by atoms with Gasteiger partial charge in [0, 0.05) is 50.3 Å². The number of carbonyl (C=O) groups excluding carboxylic acids is 1. The number of ether oxygens (including phenoxy) is 2. The number of nitrogens with zero attached hydrogens (tertiary/aromatic N) is 2. The standard InChI is InChI=1S/C17H25N3O3/c1-22-16-11-15(4-7-18-16)20-8-2-3-13(12-20)17(21)19-14-5-9-23-10-6-14/h4,7,11,13-14H,2-3,5-6,8-10,12H2,1H3,(H,19,21). The molecule has 6 heteroatoms. The van der Waals surface area contributed by atoms with E-state index in [9.17, 15) is 4.79 Å². The summed E-state index contributed by atoms with van der Waals surface area (Å²) in [5.41, 5.74) is 1.07. The quantitative estimate of drug-likeness (QED) is 0.913. The SMILES string of the molecule is COc1cc(N2CCCC(C(=O)NC3CCOCC3)C2)ccn1. The minimum Gasteiger partial charge on any atom is -0.481 e. The molecule has 0 aromatic carbocycles. The van der Waals surface area contributed by atoms with Crippen LogP contribution in [0.15, 0.2) is 18.3 Å². The molecule has 3 heterocycles. The molecule has 23 heavy (non-hydrogen) atoms. The Kier molecular flexibility index (Phi) is 5.33. The highest BCUT2D eigenvalue weighted by Crippen LogP contribution is 2.25. The van der Waals surface area contributed by atoms with Crippen molar-refractivity contribution in [1.82, 2.24) is 10.3 Å². The highest BCUT2D eigenvalue weighted by Gasteiger charge is 2.28. The van der Waals surface area contributed by atoms with Gasteiger partial charge < -0.3 is 19.7 Å². The number of carbonyl (C=O) groups is 1. The van der Waals surface area contributed by atoms with Gasteiger partial charge in [0.1, 0.15) is 0 Å². The number of pyridine rings is 1. The molecular formula is C17H25N3O3. The van der Waals surface area contributed by atoms with Crippen LogP contribution in [0.2, 0.25) is 0 Å². The van der Waals surface area contributed by atoms with Gasteiger partial charge in [0.05, 0.1) is 13.0 Å². The summed E-state index contributed by atoms with van der Waals surface area (Å²) in [6, 6.07) is 4.17. The fourth-order valence-electron chi connectivity index (χ4n) is 3.29. The molecule has 2 fully saturated rings. The number of nitrogens with one attached hydrogen (secondary N) is 1. The average Bonchev–Trinajstić information content (AvgIpc) is 2.63. The lowest BCUT2D eigenvalue weighted by Gasteiger charge is -2.34. The molecule has 0 spiro atoms. The Morgan fingerprint density at radius 1 is 1.39 bits per heavy atom. The van der Waals surface area contributed by atoms with E-state index in [0.29, 0.717) is 5.88 Å². The van der Waals surface area contributed by atoms with Crippen LogP contribution in [0.25, 0.3) is 0 Å². The summed E-state index contributed by atoms with van der Waals surface area (Å²) in [6.45, 7) is 3.22. The molecular weight excluding hydrogens is 294 g/mol. The summed E-state index contributed by atoms with van der Waals surface area (Å²) in [4.78, 5) is 18.9. The van der Waals surface area contributed by atoms with Gasteiger partial charge in [-0.3, -0.25) is 4.79 Å². The van der Waals surface area contributed by atoms with Gasteiger partial charge in [-0.2, -0.15) is 0 Å². The lowest BCUT2D eigenvalue weighted by atomic mass is 9.96. The molecule has 2 aliphatic rings. The first-order valence-corrected chi connectivity index (χ1v) is 8.39. The van der Waals surface area contributed by atoms with E-state index < -0.39 is 0 Å². The second kappa shape index (κ2) is 7.64. The van der Waals surface area contributed by atoms with Crippen LogP contribution < -0.4 is 15.0 Å². The minimum absolute atomic E-state index is 0.0470. The van der Waals surface area contributed by atoms with Crippen LogP contribution in [0.1, 0.15) is 25.7 Å². The molecule has 1 N–H and O–H groups in total. The van der Waals surface area contributed by atoms with Crippen molar-refractivity contribution in [3.05, 3.63) is 18.3 Å². The van der Waals surface area contributed by atoms with Crippen LogP contribution in [0.3, 0.4) is 0 Å². The number of amides is 1. The van der Waals surface area contributed by atoms with Gasteiger partial charge in [-0.05, 0) is 31.7 Å². The van der Waals surface area contributed by atoms with Gasteiger partial charge in [-0.15, -0.1) is 0 Å². The molecule has 1 amide bonds. The number of hydrogen-bond acceptors (Lipinski definition) is 5. The van der Waals surface area contributed by atoms with Crippen LogP contribution >= 0.6 is 0 Å². The van der Waals surface area contributed by atoms with Gasteiger partial charge >= 0.3 is 0 Å². The van der Waals surface area contributed by atoms with E-state index in [0.717, 1.165) is 57.7 Å². The zero-order valence-electron chi connectivity index (χ0n) is 13.7. The Labute approximate surface area is 137 Å². The Bertz CT molecular complexity index is 532. The third-order valence-electron chi connectivity index (χ3n) is 4.65. The molecule has 1 atom stereocenters. The molecule has 126 valence electrons. The molecule has 6 nitrogen and oxygen atoms in total. The van der Waals surface area contributed by atoms with E-state index in [1.165, 1.54) is 0 Å². The Hall–Kier alpha value is -1.82. The molecule has 1 aromatic heterocycles. The van der Waals surface area contributed by atoms with Crippen LogP contribution in [-0.2, 0) is 9.53 Å². The van der Waals surface area contributed by atoms with Crippen molar-refractivity contribution in [3.63, 3.8) is 0 Å². The van der Waals surface area contributed by atoms with Crippen molar-refractivity contribution >= 4 is 11.6 Å². The first-order valence-electron chi connectivity index (χ1n) is 8.39. The van der Waals surface area contributed by atoms with E-state index in [1.807, 2.05) is 12.1 Å². The van der Waals surface area contributed by atoms with E-state index >= 15 is 0 Å². The molecule has 0 saturated carbocycles. The summed E-state index contributed by atoms with van der Waals surface area (Å²) >= 11 is 0. The van der Waals surface area contributed by atoms with Gasteiger partial charge in [-0.25, -0.2) is 4.98 Å². The molecule has 0 bridgehead atoms. The number of aromatic nitrogens is 1. The second-order valence-corrected chi connectivity index (χ2v) is 6.24. The van der Waals surface area contributed by atoms with Crippen LogP contribution in [0, 0.1) is 5.92 Å². The lowest BCUT2D eigenvalue weighted by molar-refractivity contribution is -0.126. The summed E-state index contributed by atoms with van der Waals surface area (Å²) in [6.07, 6.45) is 5.57. The molecule has 2 saturated heterocycles. The van der Waals surface area contributed by atoms with Crippen molar-refractivity contribution in [2.24, 2.45) is 5.92 Å². The highest BCUT2D eigenvalue weighted by atomic mass is 16.5. The van der Waals surface area contributed by atoms with Crippen molar-refractivity contribution in [2.45, 2.75) is 31.7 Å². The third kappa shape index (κ3) is 4.13. The summed E-state index contributed by atoms with van der Waals surface area (Å²) in [7, 11) is 1.62. The largest absolute Gasteiger partial charge is 0.481 e. The molecule has 0 aliphatic carbocycles. The van der Waals surface area contributed by atoms with Gasteiger partial charge in [-0.1, -0.05) is 0 Å². The predicted octanol–water partition coefficient (Wildman–Crippen LogP) is 1.60. The number of methoxy groups -OCH3 is 1. The van der Waals surface area contributed by atoms with E-state index in [1.54, 1.807) is 13.3 Å². The number of rotatable bonds is 4. The zero-order valence-corrected chi connectivity index (χ0v) is 13.7. The lowest BCUT2D eigenvalue weighted by Crippen LogP contribution is -2.47. The van der Waals surface area contributed by atoms with Crippen molar-refractivity contribution in [3.8, 4) is 5.88 Å². The summed E-state index contributed by atoms with van der Waals surface area (Å²) in [5, 5.41) is 3.20. The Balaban J connectivity index is 1.59. The molecule has 1 aromatic rings. The fourth-order valence-corrected chi connectivity index (χ4v) is 3.29. The maximum absolute atomic E-state index is 12.6. The number of piperidine rings is 1. The van der Waals surface area contributed by atoms with Gasteiger partial charge in [0.25, 0.3) is 0 Å². The van der Waals surface area contributed by atoms with E-state index in [4.69, 9.17) is 9.47 Å². The third-order valence-corrected chi connectivity index (χ3v) is 4.65. The van der Waals surface area contributed by atoms with E-state index in [2.05, 4.69) is 15.2 Å². The Morgan fingerprint density at radius 2 is 2.22 bits per heavy atom. The van der Waals surface area contributed by atoms with Gasteiger partial charge in [0.15, 0.2) is 0 Å². The molecule has 0 radical (unpaired) electrons. The smallest absolute Gasteiger partial charge is 0.225 e. The van der Waals surface area contributed by atoms with Crippen LogP contribution in [0.5, 0.6) is 5.88 Å². The zero-order chi connectivity index (χ0) is 16.1. The van der Waals surface area contributed by atoms with Crippen LogP contribution in [-0.4, -0.2) is 50.3 Å². The normalized spacial score (nSPS) is 22.7. The molecule has 2 aliphatic heterocycles. The summed E-state index contributed by atoms with van der Waals surface area (Å²) < 4.78 is 10.5. The fraction of sp³-hybridized carbons (Fsp3) is 0.647. The maximum atomic E-state index is 12.6. The Morgan fingerprint density at radius 3 is 3.00 bits per heavy atom. The van der Waals surface area contributed by atoms with Crippen molar-refractivity contribution < 1.29 is 14.3 Å². The van der Waals surface area contributed by atoms with Crippen LogP contribution in [0.4, 0.5) is 5.69 Å². The first kappa shape index (κ1) is 16.1. The maximum Gasteiger partial charge on any atom is 0.225 e. The van der Waals surface area contributed by atoms with E-state index in [-0.39, 0.29) is 17.9 Å². The number of anilines is 1. The highest BCUT2D eigenvalue weighted by molar-refractivity contribution is 5.80. The topological polar surface area (TPSA) is 63.7 Å². The second-order valence-electron chi connectivity index (χ2n) is 6.24. The monoisotopic (exact) mass is 319 g/mol. The summed E-state index contributed by atoms with van der Waals surface area (Å²) in [5.74, 6) is 0.838.